The van der Waals surface area contributed by atoms with Crippen molar-refractivity contribution in [2.75, 3.05) is 0 Å². The molecule has 0 unspecified atom stereocenters. The van der Waals surface area contributed by atoms with E-state index in [1.165, 1.54) is 0 Å². The van der Waals surface area contributed by atoms with Gasteiger partial charge in [-0.2, -0.15) is 0 Å². The SMILES string of the molecule is C[C@H]1C[C@H](C(=O)O)c2c1[nH]c1ccccc21. The molecule has 0 fully saturated rings. The van der Waals surface area contributed by atoms with E-state index in [1.54, 1.807) is 0 Å². The number of aromatic amines is 1. The molecule has 0 amide bonds. The second-order valence-corrected chi connectivity index (χ2v) is 4.53. The number of rotatable bonds is 1. The molecule has 2 aromatic rings. The molecule has 0 radical (unpaired) electrons. The van der Waals surface area contributed by atoms with Crippen molar-refractivity contribution in [1.29, 1.82) is 0 Å². The third kappa shape index (κ3) is 1.11. The second kappa shape index (κ2) is 3.11. The number of para-hydroxylation sites is 1. The molecule has 1 aliphatic carbocycles. The molecule has 0 aliphatic heterocycles. The van der Waals surface area contributed by atoms with E-state index in [0.717, 1.165) is 22.2 Å². The summed E-state index contributed by atoms with van der Waals surface area (Å²) in [5.41, 5.74) is 3.15. The summed E-state index contributed by atoms with van der Waals surface area (Å²) < 4.78 is 0. The predicted molar refractivity (Wildman–Crippen MR) is 61.7 cm³/mol. The van der Waals surface area contributed by atoms with Gasteiger partial charge in [-0.1, -0.05) is 25.1 Å². The lowest BCUT2D eigenvalue weighted by atomic mass is 10.00. The summed E-state index contributed by atoms with van der Waals surface area (Å²) in [5.74, 6) is -0.750. The van der Waals surface area contributed by atoms with Crippen LogP contribution >= 0.6 is 0 Å². The molecule has 0 bridgehead atoms. The number of aliphatic carboxylic acids is 1. The summed E-state index contributed by atoms with van der Waals surface area (Å²) in [4.78, 5) is 14.6. The highest BCUT2D eigenvalue weighted by Crippen LogP contribution is 2.44. The van der Waals surface area contributed by atoms with Crippen molar-refractivity contribution in [3.8, 4) is 0 Å². The van der Waals surface area contributed by atoms with Crippen LogP contribution in [0.15, 0.2) is 24.3 Å². The molecule has 3 nitrogen and oxygen atoms in total. The van der Waals surface area contributed by atoms with E-state index in [1.807, 2.05) is 24.3 Å². The first-order valence-electron chi connectivity index (χ1n) is 5.51. The summed E-state index contributed by atoms with van der Waals surface area (Å²) in [6.45, 7) is 2.08. The number of carbonyl (C=O) groups is 1. The molecule has 16 heavy (non-hydrogen) atoms. The smallest absolute Gasteiger partial charge is 0.311 e. The minimum Gasteiger partial charge on any atom is -0.481 e. The number of fused-ring (bicyclic) bond motifs is 3. The van der Waals surface area contributed by atoms with Crippen molar-refractivity contribution in [1.82, 2.24) is 4.98 Å². The first-order chi connectivity index (χ1) is 7.68. The Morgan fingerprint density at radius 1 is 1.44 bits per heavy atom. The van der Waals surface area contributed by atoms with E-state index in [9.17, 15) is 9.90 Å². The van der Waals surface area contributed by atoms with Crippen molar-refractivity contribution < 1.29 is 9.90 Å². The molecule has 82 valence electrons. The Bertz CT molecular complexity index is 570. The highest BCUT2D eigenvalue weighted by molar-refractivity contribution is 5.92. The number of carboxylic acid groups (broad SMARTS) is 1. The maximum atomic E-state index is 11.2. The van der Waals surface area contributed by atoms with E-state index in [4.69, 9.17) is 0 Å². The largest absolute Gasteiger partial charge is 0.481 e. The van der Waals surface area contributed by atoms with E-state index in [0.29, 0.717) is 12.3 Å². The quantitative estimate of drug-likeness (QED) is 0.768. The number of hydrogen-bond donors (Lipinski definition) is 2. The Kier molecular flexibility index (Phi) is 1.84. The van der Waals surface area contributed by atoms with Gasteiger partial charge in [0.05, 0.1) is 5.92 Å². The van der Waals surface area contributed by atoms with Crippen molar-refractivity contribution in [2.24, 2.45) is 0 Å². The second-order valence-electron chi connectivity index (χ2n) is 4.53. The third-order valence-electron chi connectivity index (χ3n) is 3.51. The first kappa shape index (κ1) is 9.46. The highest BCUT2D eigenvalue weighted by Gasteiger charge is 2.36. The molecule has 1 aromatic carbocycles. The van der Waals surface area contributed by atoms with Crippen molar-refractivity contribution in [3.63, 3.8) is 0 Å². The zero-order valence-corrected chi connectivity index (χ0v) is 9.03. The van der Waals surface area contributed by atoms with Gasteiger partial charge < -0.3 is 10.1 Å². The topological polar surface area (TPSA) is 53.1 Å². The zero-order valence-electron chi connectivity index (χ0n) is 9.03. The predicted octanol–water partition coefficient (Wildman–Crippen LogP) is 2.84. The van der Waals surface area contributed by atoms with Gasteiger partial charge in [0.2, 0.25) is 0 Å². The third-order valence-corrected chi connectivity index (χ3v) is 3.51. The molecule has 1 aromatic heterocycles. The van der Waals surface area contributed by atoms with Crippen molar-refractivity contribution in [3.05, 3.63) is 35.5 Å². The lowest BCUT2D eigenvalue weighted by molar-refractivity contribution is -0.138. The number of hydrogen-bond acceptors (Lipinski definition) is 1. The average molecular weight is 215 g/mol. The summed E-state index contributed by atoms with van der Waals surface area (Å²) >= 11 is 0. The van der Waals surface area contributed by atoms with Crippen LogP contribution in [0.3, 0.4) is 0 Å². The number of benzene rings is 1. The lowest BCUT2D eigenvalue weighted by Crippen LogP contribution is -2.07. The molecule has 2 N–H and O–H groups in total. The number of aromatic nitrogens is 1. The van der Waals surface area contributed by atoms with Crippen LogP contribution < -0.4 is 0 Å². The van der Waals surface area contributed by atoms with Crippen LogP contribution in [0.2, 0.25) is 0 Å². The Morgan fingerprint density at radius 3 is 2.94 bits per heavy atom. The Balaban J connectivity index is 2.30. The van der Waals surface area contributed by atoms with Gasteiger partial charge in [-0.15, -0.1) is 0 Å². The average Bonchev–Trinajstić information content (AvgIpc) is 2.77. The van der Waals surface area contributed by atoms with E-state index >= 15 is 0 Å². The summed E-state index contributed by atoms with van der Waals surface area (Å²) in [7, 11) is 0. The first-order valence-corrected chi connectivity index (χ1v) is 5.51. The van der Waals surface area contributed by atoms with E-state index in [2.05, 4.69) is 11.9 Å². The molecule has 3 rings (SSSR count). The minimum atomic E-state index is -0.713. The van der Waals surface area contributed by atoms with Crippen LogP contribution in [0.5, 0.6) is 0 Å². The van der Waals surface area contributed by atoms with Gasteiger partial charge in [0, 0.05) is 16.6 Å². The van der Waals surface area contributed by atoms with Crippen LogP contribution in [-0.2, 0) is 4.79 Å². The number of nitrogens with one attached hydrogen (secondary N) is 1. The molecule has 0 saturated carbocycles. The van der Waals surface area contributed by atoms with Crippen molar-refractivity contribution in [2.45, 2.75) is 25.2 Å². The summed E-state index contributed by atoms with van der Waals surface area (Å²) in [6, 6.07) is 7.92. The van der Waals surface area contributed by atoms with Crippen LogP contribution in [0.4, 0.5) is 0 Å². The van der Waals surface area contributed by atoms with Crippen molar-refractivity contribution >= 4 is 16.9 Å². The fourth-order valence-electron chi connectivity index (χ4n) is 2.76. The fraction of sp³-hybridized carbons (Fsp3) is 0.308. The maximum absolute atomic E-state index is 11.2. The van der Waals surface area contributed by atoms with Crippen LogP contribution in [0.1, 0.15) is 36.4 Å². The summed E-state index contributed by atoms with van der Waals surface area (Å²) in [6.07, 6.45) is 0.710. The molecule has 0 saturated heterocycles. The fourth-order valence-corrected chi connectivity index (χ4v) is 2.76. The molecular formula is C13H13NO2. The zero-order chi connectivity index (χ0) is 11.3. The van der Waals surface area contributed by atoms with Gasteiger partial charge in [0.1, 0.15) is 0 Å². The Hall–Kier alpha value is -1.77. The van der Waals surface area contributed by atoms with E-state index in [-0.39, 0.29) is 5.92 Å². The highest BCUT2D eigenvalue weighted by atomic mass is 16.4. The molecular weight excluding hydrogens is 202 g/mol. The monoisotopic (exact) mass is 215 g/mol. The Morgan fingerprint density at radius 2 is 2.19 bits per heavy atom. The maximum Gasteiger partial charge on any atom is 0.311 e. The van der Waals surface area contributed by atoms with Gasteiger partial charge in [-0.3, -0.25) is 4.79 Å². The molecule has 1 heterocycles. The summed E-state index contributed by atoms with van der Waals surface area (Å²) in [5, 5.41) is 10.3. The van der Waals surface area contributed by atoms with Gasteiger partial charge in [0.25, 0.3) is 0 Å². The normalized spacial score (nSPS) is 23.6. The molecule has 1 aliphatic rings. The van der Waals surface area contributed by atoms with Gasteiger partial charge in [-0.25, -0.2) is 0 Å². The Labute approximate surface area is 93.1 Å². The molecule has 2 atom stereocenters. The van der Waals surface area contributed by atoms with Crippen LogP contribution in [0.25, 0.3) is 10.9 Å². The minimum absolute atomic E-state index is 0.309. The van der Waals surface area contributed by atoms with Gasteiger partial charge in [-0.05, 0) is 24.0 Å². The van der Waals surface area contributed by atoms with Crippen LogP contribution in [-0.4, -0.2) is 16.1 Å². The number of H-pyrrole nitrogens is 1. The standard InChI is InChI=1S/C13H13NO2/c1-7-6-9(13(15)16)11-8-4-2-3-5-10(8)14-12(7)11/h2-5,7,9,14H,6H2,1H3,(H,15,16)/t7-,9-/m0/s1. The van der Waals surface area contributed by atoms with Gasteiger partial charge in [0.15, 0.2) is 0 Å². The van der Waals surface area contributed by atoms with E-state index < -0.39 is 5.97 Å². The molecule has 0 spiro atoms. The number of carboxylic acids is 1. The van der Waals surface area contributed by atoms with Gasteiger partial charge >= 0.3 is 5.97 Å². The lowest BCUT2D eigenvalue weighted by Gasteiger charge is -2.05. The van der Waals surface area contributed by atoms with Crippen LogP contribution in [0, 0.1) is 0 Å². The molecule has 3 heteroatoms.